The van der Waals surface area contributed by atoms with Crippen LogP contribution in [0.15, 0.2) is 0 Å². The molecule has 0 radical (unpaired) electrons. The molecule has 6 heteroatoms. The Morgan fingerprint density at radius 1 is 1.19 bits per heavy atom. The summed E-state index contributed by atoms with van der Waals surface area (Å²) in [7, 11) is -3.28. The van der Waals surface area contributed by atoms with E-state index in [0.717, 1.165) is 25.7 Å². The Morgan fingerprint density at radius 3 is 2.19 bits per heavy atom. The molecule has 0 aromatic rings. The molecule has 4 nitrogen and oxygen atoms in total. The van der Waals surface area contributed by atoms with E-state index in [4.69, 9.17) is 11.6 Å². The molecule has 0 bridgehead atoms. The molecule has 0 aromatic heterocycles. The summed E-state index contributed by atoms with van der Waals surface area (Å²) in [6, 6.07) is 0. The molecule has 1 rings (SSSR count). The minimum atomic E-state index is -3.28. The fraction of sp³-hybridized carbons (Fsp3) is 1.00. The fourth-order valence-corrected chi connectivity index (χ4v) is 3.97. The summed E-state index contributed by atoms with van der Waals surface area (Å²) in [6.45, 7) is 4.05. The highest BCUT2D eigenvalue weighted by molar-refractivity contribution is 7.86. The lowest BCUT2D eigenvalue weighted by molar-refractivity contribution is 0.355. The standard InChI is InChI=1S/C10H21ClN2O2S/c1-2-12(10-7-11)16(14,15)13-8-5-3-4-6-9-13/h2-10H2,1H3. The zero-order valence-electron chi connectivity index (χ0n) is 9.86. The highest BCUT2D eigenvalue weighted by Crippen LogP contribution is 2.16. The Hall–Kier alpha value is 0.160. The number of rotatable bonds is 5. The maximum Gasteiger partial charge on any atom is 0.282 e. The first-order chi connectivity index (χ1) is 7.62. The SMILES string of the molecule is CCN(CCCl)S(=O)(=O)N1CCCCCC1. The third kappa shape index (κ3) is 3.58. The van der Waals surface area contributed by atoms with Crippen molar-refractivity contribution in [3.63, 3.8) is 0 Å². The summed E-state index contributed by atoms with van der Waals surface area (Å²) in [4.78, 5) is 0. The zero-order chi connectivity index (χ0) is 12.0. The lowest BCUT2D eigenvalue weighted by Crippen LogP contribution is -2.44. The fourth-order valence-electron chi connectivity index (χ4n) is 1.97. The smallest absolute Gasteiger partial charge is 0.195 e. The van der Waals surface area contributed by atoms with Crippen LogP contribution in [0.5, 0.6) is 0 Å². The lowest BCUT2D eigenvalue weighted by atomic mass is 10.2. The van der Waals surface area contributed by atoms with E-state index in [1.54, 1.807) is 4.31 Å². The molecule has 16 heavy (non-hydrogen) atoms. The van der Waals surface area contributed by atoms with E-state index in [1.165, 1.54) is 4.31 Å². The van der Waals surface area contributed by atoms with Crippen LogP contribution >= 0.6 is 11.6 Å². The molecule has 1 heterocycles. The van der Waals surface area contributed by atoms with Crippen molar-refractivity contribution in [1.82, 2.24) is 8.61 Å². The number of halogens is 1. The zero-order valence-corrected chi connectivity index (χ0v) is 11.4. The van der Waals surface area contributed by atoms with Gasteiger partial charge in [-0.05, 0) is 12.8 Å². The van der Waals surface area contributed by atoms with Gasteiger partial charge in [-0.3, -0.25) is 0 Å². The molecular weight excluding hydrogens is 248 g/mol. The van der Waals surface area contributed by atoms with E-state index in [1.807, 2.05) is 6.92 Å². The van der Waals surface area contributed by atoms with Crippen molar-refractivity contribution < 1.29 is 8.42 Å². The molecule has 0 atom stereocenters. The van der Waals surface area contributed by atoms with Gasteiger partial charge in [0.05, 0.1) is 0 Å². The van der Waals surface area contributed by atoms with Gasteiger partial charge in [0.15, 0.2) is 0 Å². The number of nitrogens with zero attached hydrogens (tertiary/aromatic N) is 2. The van der Waals surface area contributed by atoms with Crippen LogP contribution in [-0.2, 0) is 10.2 Å². The van der Waals surface area contributed by atoms with Gasteiger partial charge in [0, 0.05) is 32.1 Å². The molecule has 0 spiro atoms. The average molecular weight is 269 g/mol. The van der Waals surface area contributed by atoms with Crippen molar-refractivity contribution in [3.8, 4) is 0 Å². The Balaban J connectivity index is 2.72. The first-order valence-corrected chi connectivity index (χ1v) is 7.87. The van der Waals surface area contributed by atoms with Crippen molar-refractivity contribution in [2.24, 2.45) is 0 Å². The molecule has 0 N–H and O–H groups in total. The van der Waals surface area contributed by atoms with Gasteiger partial charge in [-0.1, -0.05) is 19.8 Å². The largest absolute Gasteiger partial charge is 0.282 e. The molecule has 1 aliphatic rings. The van der Waals surface area contributed by atoms with Gasteiger partial charge in [0.1, 0.15) is 0 Å². The average Bonchev–Trinajstić information content (AvgIpc) is 2.54. The molecule has 1 fully saturated rings. The lowest BCUT2D eigenvalue weighted by Gasteiger charge is -2.27. The van der Waals surface area contributed by atoms with Crippen LogP contribution in [0.2, 0.25) is 0 Å². The Bertz CT molecular complexity index is 287. The summed E-state index contributed by atoms with van der Waals surface area (Å²) in [6.07, 6.45) is 4.20. The molecule has 0 amide bonds. The van der Waals surface area contributed by atoms with E-state index >= 15 is 0 Å². The first kappa shape index (κ1) is 14.2. The number of hydrogen-bond acceptors (Lipinski definition) is 2. The van der Waals surface area contributed by atoms with Gasteiger partial charge in [-0.15, -0.1) is 11.6 Å². The van der Waals surface area contributed by atoms with Gasteiger partial charge in [-0.2, -0.15) is 17.0 Å². The van der Waals surface area contributed by atoms with Crippen LogP contribution in [0.4, 0.5) is 0 Å². The van der Waals surface area contributed by atoms with E-state index < -0.39 is 10.2 Å². The van der Waals surface area contributed by atoms with E-state index in [-0.39, 0.29) is 0 Å². The summed E-state index contributed by atoms with van der Waals surface area (Å²) < 4.78 is 27.6. The molecule has 0 unspecified atom stereocenters. The predicted octanol–water partition coefficient (Wildman–Crippen LogP) is 1.67. The van der Waals surface area contributed by atoms with Crippen molar-refractivity contribution in [1.29, 1.82) is 0 Å². The Kier molecular flexibility index (Phi) is 6.03. The van der Waals surface area contributed by atoms with Crippen LogP contribution in [0, 0.1) is 0 Å². The number of hydrogen-bond donors (Lipinski definition) is 0. The van der Waals surface area contributed by atoms with Crippen LogP contribution in [0.1, 0.15) is 32.6 Å². The van der Waals surface area contributed by atoms with Gasteiger partial charge >= 0.3 is 0 Å². The molecular formula is C10H21ClN2O2S. The summed E-state index contributed by atoms with van der Waals surface area (Å²) in [5.74, 6) is 0.348. The third-order valence-corrected chi connectivity index (χ3v) is 5.18. The molecule has 1 saturated heterocycles. The van der Waals surface area contributed by atoms with Gasteiger partial charge < -0.3 is 0 Å². The van der Waals surface area contributed by atoms with Gasteiger partial charge in [0.25, 0.3) is 10.2 Å². The molecule has 0 aromatic carbocycles. The van der Waals surface area contributed by atoms with Gasteiger partial charge in [-0.25, -0.2) is 0 Å². The summed E-state index contributed by atoms with van der Waals surface area (Å²) in [5, 5.41) is 0. The van der Waals surface area contributed by atoms with E-state index in [0.29, 0.717) is 32.1 Å². The molecule has 96 valence electrons. The van der Waals surface area contributed by atoms with Crippen molar-refractivity contribution in [3.05, 3.63) is 0 Å². The minimum absolute atomic E-state index is 0.348. The second-order valence-electron chi connectivity index (χ2n) is 4.00. The Labute approximate surface area is 104 Å². The van der Waals surface area contributed by atoms with E-state index in [9.17, 15) is 8.42 Å². The Morgan fingerprint density at radius 2 is 1.75 bits per heavy atom. The third-order valence-electron chi connectivity index (χ3n) is 2.90. The second-order valence-corrected chi connectivity index (χ2v) is 6.31. The summed E-state index contributed by atoms with van der Waals surface area (Å²) >= 11 is 5.63. The highest BCUT2D eigenvalue weighted by Gasteiger charge is 2.28. The summed E-state index contributed by atoms with van der Waals surface area (Å²) in [5.41, 5.74) is 0. The van der Waals surface area contributed by atoms with Crippen LogP contribution < -0.4 is 0 Å². The highest BCUT2D eigenvalue weighted by atomic mass is 35.5. The monoisotopic (exact) mass is 268 g/mol. The topological polar surface area (TPSA) is 40.6 Å². The van der Waals surface area contributed by atoms with Crippen molar-refractivity contribution >= 4 is 21.8 Å². The normalized spacial score (nSPS) is 19.9. The van der Waals surface area contributed by atoms with Gasteiger partial charge in [0.2, 0.25) is 0 Å². The van der Waals surface area contributed by atoms with Crippen molar-refractivity contribution in [2.75, 3.05) is 32.1 Å². The number of alkyl halides is 1. The maximum absolute atomic E-state index is 12.3. The maximum atomic E-state index is 12.3. The molecule has 0 saturated carbocycles. The van der Waals surface area contributed by atoms with E-state index in [2.05, 4.69) is 0 Å². The van der Waals surface area contributed by atoms with Crippen LogP contribution in [-0.4, -0.2) is 49.1 Å². The first-order valence-electron chi connectivity index (χ1n) is 5.94. The quantitative estimate of drug-likeness (QED) is 0.712. The molecule has 0 aliphatic carbocycles. The van der Waals surface area contributed by atoms with Crippen LogP contribution in [0.3, 0.4) is 0 Å². The molecule has 1 aliphatic heterocycles. The van der Waals surface area contributed by atoms with Crippen LogP contribution in [0.25, 0.3) is 0 Å². The second kappa shape index (κ2) is 6.79. The minimum Gasteiger partial charge on any atom is -0.195 e. The predicted molar refractivity (Wildman–Crippen MR) is 66.9 cm³/mol. The van der Waals surface area contributed by atoms with Crippen molar-refractivity contribution in [2.45, 2.75) is 32.6 Å².